The van der Waals surface area contributed by atoms with Crippen molar-refractivity contribution in [2.75, 3.05) is 6.54 Å². The van der Waals surface area contributed by atoms with Crippen LogP contribution in [0.3, 0.4) is 0 Å². The molecule has 0 N–H and O–H groups in total. The molecule has 1 aliphatic rings. The molecule has 0 amide bonds. The first-order valence-electron chi connectivity index (χ1n) is 8.97. The van der Waals surface area contributed by atoms with Crippen LogP contribution in [0, 0.1) is 19.3 Å². The van der Waals surface area contributed by atoms with Crippen molar-refractivity contribution in [3.05, 3.63) is 42.0 Å². The Hall–Kier alpha value is -1.59. The summed E-state index contributed by atoms with van der Waals surface area (Å²) in [6.45, 7) is 11.4. The number of benzene rings is 1. The molecule has 1 unspecified atom stereocenters. The van der Waals surface area contributed by atoms with Crippen LogP contribution < -0.4 is 0 Å². The Balaban J connectivity index is 2.48. The van der Waals surface area contributed by atoms with Crippen LogP contribution in [0.1, 0.15) is 40.2 Å². The Morgan fingerprint density at radius 1 is 1.19 bits per heavy atom. The van der Waals surface area contributed by atoms with Crippen LogP contribution in [-0.2, 0) is 19.3 Å². The van der Waals surface area contributed by atoms with Crippen LogP contribution in [0.5, 0.6) is 0 Å². The summed E-state index contributed by atoms with van der Waals surface area (Å²) in [5.41, 5.74) is -0.173. The van der Waals surface area contributed by atoms with Crippen molar-refractivity contribution in [3.8, 4) is 12.3 Å². The molecular formula is C20H28BNO4S. The molecule has 27 heavy (non-hydrogen) atoms. The van der Waals surface area contributed by atoms with Crippen molar-refractivity contribution in [2.24, 2.45) is 0 Å². The van der Waals surface area contributed by atoms with E-state index in [1.807, 2.05) is 41.5 Å². The molecule has 1 fully saturated rings. The summed E-state index contributed by atoms with van der Waals surface area (Å²) in [5.74, 6) is 1.78. The lowest BCUT2D eigenvalue weighted by Gasteiger charge is -2.32. The Bertz CT molecular complexity index is 822. The highest BCUT2D eigenvalue weighted by atomic mass is 32.2. The highest BCUT2D eigenvalue weighted by Crippen LogP contribution is 2.39. The summed E-state index contributed by atoms with van der Waals surface area (Å²) in [4.78, 5) is 0.189. The van der Waals surface area contributed by atoms with Gasteiger partial charge in [0.1, 0.15) is 0 Å². The maximum atomic E-state index is 13.3. The molecule has 0 spiro atoms. The number of allylic oxidation sites excluding steroid dienone is 1. The first-order chi connectivity index (χ1) is 12.5. The molecule has 5 nitrogen and oxygen atoms in total. The molecule has 1 aliphatic heterocycles. The van der Waals surface area contributed by atoms with E-state index in [1.165, 1.54) is 4.31 Å². The summed E-state index contributed by atoms with van der Waals surface area (Å²) in [7, 11) is -4.60. The van der Waals surface area contributed by atoms with Crippen molar-refractivity contribution < 1.29 is 17.7 Å². The van der Waals surface area contributed by atoms with E-state index in [9.17, 15) is 8.42 Å². The fourth-order valence-electron chi connectivity index (χ4n) is 2.83. The Labute approximate surface area is 163 Å². The normalized spacial score (nSPS) is 20.1. The second-order valence-corrected chi connectivity index (χ2v) is 9.60. The van der Waals surface area contributed by atoms with Crippen molar-refractivity contribution >= 4 is 17.1 Å². The number of terminal acetylenes is 1. The molecule has 1 saturated heterocycles. The van der Waals surface area contributed by atoms with Crippen LogP contribution in [-0.4, -0.2) is 43.5 Å². The summed E-state index contributed by atoms with van der Waals surface area (Å²) >= 11 is 0. The van der Waals surface area contributed by atoms with Crippen molar-refractivity contribution in [1.29, 1.82) is 0 Å². The van der Waals surface area contributed by atoms with E-state index < -0.39 is 34.3 Å². The standard InChI is InChI=1S/C20H28BNO4S/c1-8-10-18(21-25-19(4,5)20(6,7)26-21)22(15-9-2)27(23,24)17-13-11-16(3)12-14-17/h2,8,10-14,18H,15H2,1,3-7H3/b10-8+. The Morgan fingerprint density at radius 2 is 1.70 bits per heavy atom. The van der Waals surface area contributed by atoms with Gasteiger partial charge >= 0.3 is 7.12 Å². The van der Waals surface area contributed by atoms with Gasteiger partial charge in [-0.1, -0.05) is 35.8 Å². The minimum atomic E-state index is -3.83. The van der Waals surface area contributed by atoms with E-state index in [0.29, 0.717) is 0 Å². The number of aryl methyl sites for hydroxylation is 1. The molecular weight excluding hydrogens is 361 g/mol. The van der Waals surface area contributed by atoms with E-state index in [2.05, 4.69) is 5.92 Å². The second kappa shape index (κ2) is 7.80. The van der Waals surface area contributed by atoms with Crippen molar-refractivity contribution in [1.82, 2.24) is 4.31 Å². The first-order valence-corrected chi connectivity index (χ1v) is 10.4. The Morgan fingerprint density at radius 3 is 2.15 bits per heavy atom. The highest BCUT2D eigenvalue weighted by molar-refractivity contribution is 7.89. The molecule has 0 aromatic heterocycles. The average Bonchev–Trinajstić information content (AvgIpc) is 2.79. The van der Waals surface area contributed by atoms with Gasteiger partial charge < -0.3 is 9.31 Å². The third kappa shape index (κ3) is 4.30. The SMILES string of the molecule is C#CCN(C(/C=C/C)B1OC(C)(C)C(C)(C)O1)S(=O)(=O)c1ccc(C)cc1. The van der Waals surface area contributed by atoms with Crippen LogP contribution in [0.2, 0.25) is 0 Å². The zero-order valence-electron chi connectivity index (χ0n) is 16.9. The first kappa shape index (κ1) is 21.7. The van der Waals surface area contributed by atoms with Gasteiger partial charge in [0.15, 0.2) is 0 Å². The van der Waals surface area contributed by atoms with Gasteiger partial charge in [0.05, 0.1) is 28.6 Å². The third-order valence-electron chi connectivity index (χ3n) is 5.15. The van der Waals surface area contributed by atoms with Crippen molar-refractivity contribution in [3.63, 3.8) is 0 Å². The summed E-state index contributed by atoms with van der Waals surface area (Å²) in [5, 5.41) is 0. The van der Waals surface area contributed by atoms with Gasteiger partial charge in [0.25, 0.3) is 0 Å². The van der Waals surface area contributed by atoms with Gasteiger partial charge in [0, 0.05) is 0 Å². The summed E-state index contributed by atoms with van der Waals surface area (Å²) < 4.78 is 40.1. The van der Waals surface area contributed by atoms with Gasteiger partial charge in [-0.05, 0) is 53.7 Å². The zero-order valence-corrected chi connectivity index (χ0v) is 17.7. The van der Waals surface area contributed by atoms with Crippen molar-refractivity contribution in [2.45, 2.75) is 63.6 Å². The molecule has 1 heterocycles. The smallest absolute Gasteiger partial charge is 0.402 e. The summed E-state index contributed by atoms with van der Waals surface area (Å²) in [6.07, 6.45) is 9.04. The lowest BCUT2D eigenvalue weighted by atomic mass is 9.78. The Kier molecular flexibility index (Phi) is 6.28. The number of nitrogens with zero attached hydrogens (tertiary/aromatic N) is 1. The minimum Gasteiger partial charge on any atom is -0.402 e. The molecule has 0 bridgehead atoms. The maximum Gasteiger partial charge on any atom is 0.481 e. The van der Waals surface area contributed by atoms with E-state index in [1.54, 1.807) is 36.4 Å². The van der Waals surface area contributed by atoms with Gasteiger partial charge in [0.2, 0.25) is 10.0 Å². The summed E-state index contributed by atoms with van der Waals surface area (Å²) in [6, 6.07) is 6.71. The minimum absolute atomic E-state index is 0.0880. The fourth-order valence-corrected chi connectivity index (χ4v) is 4.32. The third-order valence-corrected chi connectivity index (χ3v) is 7.01. The van der Waals surface area contributed by atoms with E-state index in [0.717, 1.165) is 5.56 Å². The van der Waals surface area contributed by atoms with Gasteiger partial charge in [-0.25, -0.2) is 8.42 Å². The van der Waals surface area contributed by atoms with E-state index in [4.69, 9.17) is 15.7 Å². The zero-order chi connectivity index (χ0) is 20.5. The topological polar surface area (TPSA) is 55.8 Å². The predicted octanol–water partition coefficient (Wildman–Crippen LogP) is 3.20. The number of hydrogen-bond acceptors (Lipinski definition) is 4. The second-order valence-electron chi connectivity index (χ2n) is 7.71. The number of rotatable bonds is 6. The van der Waals surface area contributed by atoms with Crippen LogP contribution >= 0.6 is 0 Å². The lowest BCUT2D eigenvalue weighted by molar-refractivity contribution is 0.00578. The molecule has 146 valence electrons. The average molecular weight is 389 g/mol. The highest BCUT2D eigenvalue weighted by Gasteiger charge is 2.55. The van der Waals surface area contributed by atoms with Gasteiger partial charge in [-0.15, -0.1) is 6.42 Å². The number of hydrogen-bond donors (Lipinski definition) is 0. The molecule has 0 aliphatic carbocycles. The molecule has 1 aromatic rings. The van der Waals surface area contributed by atoms with E-state index in [-0.39, 0.29) is 11.4 Å². The van der Waals surface area contributed by atoms with Crippen LogP contribution in [0.15, 0.2) is 41.3 Å². The van der Waals surface area contributed by atoms with E-state index >= 15 is 0 Å². The number of sulfonamides is 1. The monoisotopic (exact) mass is 389 g/mol. The lowest BCUT2D eigenvalue weighted by Crippen LogP contribution is -2.50. The van der Waals surface area contributed by atoms with Crippen LogP contribution in [0.25, 0.3) is 0 Å². The quantitative estimate of drug-likeness (QED) is 0.426. The van der Waals surface area contributed by atoms with Gasteiger partial charge in [-0.2, -0.15) is 4.31 Å². The molecule has 0 saturated carbocycles. The largest absolute Gasteiger partial charge is 0.481 e. The molecule has 0 radical (unpaired) electrons. The maximum absolute atomic E-state index is 13.3. The molecule has 7 heteroatoms. The molecule has 1 aromatic carbocycles. The molecule has 2 rings (SSSR count). The fraction of sp³-hybridized carbons (Fsp3) is 0.500. The predicted molar refractivity (Wildman–Crippen MR) is 109 cm³/mol. The molecule has 1 atom stereocenters. The van der Waals surface area contributed by atoms with Crippen LogP contribution in [0.4, 0.5) is 0 Å². The van der Waals surface area contributed by atoms with Gasteiger partial charge in [-0.3, -0.25) is 0 Å².